The van der Waals surface area contributed by atoms with Crippen molar-refractivity contribution < 1.29 is 19.0 Å². The number of hydrogen-bond donors (Lipinski definition) is 0. The molecule has 0 aliphatic heterocycles. The Labute approximate surface area is 103 Å². The molecule has 0 aromatic rings. The van der Waals surface area contributed by atoms with E-state index in [1.54, 1.807) is 14.2 Å². The Kier molecular flexibility index (Phi) is 5.15. The normalized spacial score (nSPS) is 22.2. The van der Waals surface area contributed by atoms with Gasteiger partial charge in [-0.15, -0.1) is 0 Å². The second kappa shape index (κ2) is 6.17. The summed E-state index contributed by atoms with van der Waals surface area (Å²) in [4.78, 5) is 11.8. The van der Waals surface area contributed by atoms with E-state index >= 15 is 0 Å². The van der Waals surface area contributed by atoms with Crippen LogP contribution in [0.5, 0.6) is 0 Å². The van der Waals surface area contributed by atoms with Gasteiger partial charge in [0.1, 0.15) is 6.61 Å². The Morgan fingerprint density at radius 3 is 2.47 bits per heavy atom. The fourth-order valence-corrected chi connectivity index (χ4v) is 2.04. The maximum absolute atomic E-state index is 11.8. The molecule has 0 aromatic carbocycles. The van der Waals surface area contributed by atoms with Gasteiger partial charge in [0.15, 0.2) is 5.79 Å². The molecule has 1 fully saturated rings. The van der Waals surface area contributed by atoms with Crippen molar-refractivity contribution in [3.05, 3.63) is 11.6 Å². The number of carbonyl (C=O) groups excluding carboxylic acids is 1. The van der Waals surface area contributed by atoms with Crippen molar-refractivity contribution in [2.45, 2.75) is 38.9 Å². The molecule has 0 heterocycles. The highest BCUT2D eigenvalue weighted by Gasteiger charge is 2.43. The smallest absolute Gasteiger partial charge is 0.309 e. The van der Waals surface area contributed by atoms with Crippen LogP contribution in [0.2, 0.25) is 0 Å². The van der Waals surface area contributed by atoms with Crippen LogP contribution in [0.3, 0.4) is 0 Å². The molecule has 1 aliphatic rings. The van der Waals surface area contributed by atoms with Gasteiger partial charge in [0.2, 0.25) is 0 Å². The molecule has 1 unspecified atom stereocenters. The van der Waals surface area contributed by atoms with Crippen LogP contribution in [0.4, 0.5) is 0 Å². The zero-order valence-electron chi connectivity index (χ0n) is 11.1. The predicted molar refractivity (Wildman–Crippen MR) is 64.5 cm³/mol. The third-order valence-electron chi connectivity index (χ3n) is 3.23. The molecule has 1 aliphatic carbocycles. The predicted octanol–water partition coefficient (Wildman–Crippen LogP) is 2.29. The Morgan fingerprint density at radius 1 is 1.35 bits per heavy atom. The molecular weight excluding hydrogens is 220 g/mol. The summed E-state index contributed by atoms with van der Waals surface area (Å²) >= 11 is 0. The van der Waals surface area contributed by atoms with Gasteiger partial charge in [-0.3, -0.25) is 4.79 Å². The van der Waals surface area contributed by atoms with Crippen LogP contribution in [0.15, 0.2) is 11.6 Å². The Morgan fingerprint density at radius 2 is 2.00 bits per heavy atom. The molecule has 98 valence electrons. The van der Waals surface area contributed by atoms with E-state index in [1.807, 2.05) is 19.9 Å². The quantitative estimate of drug-likeness (QED) is 0.421. The molecule has 0 saturated heterocycles. The molecule has 17 heavy (non-hydrogen) atoms. The second-order valence-corrected chi connectivity index (χ2v) is 4.67. The maximum atomic E-state index is 11.8. The molecule has 4 heteroatoms. The van der Waals surface area contributed by atoms with Crippen LogP contribution in [-0.2, 0) is 19.0 Å². The van der Waals surface area contributed by atoms with Crippen LogP contribution < -0.4 is 0 Å². The summed E-state index contributed by atoms with van der Waals surface area (Å²) in [5, 5.41) is 0. The first-order valence-corrected chi connectivity index (χ1v) is 5.93. The van der Waals surface area contributed by atoms with Gasteiger partial charge in [0.25, 0.3) is 0 Å². The lowest BCUT2D eigenvalue weighted by atomic mass is 10.1. The Bertz CT molecular complexity index is 288. The number of carbonyl (C=O) groups is 1. The zero-order valence-corrected chi connectivity index (χ0v) is 11.1. The number of allylic oxidation sites excluding steroid dienone is 1. The second-order valence-electron chi connectivity index (χ2n) is 4.67. The van der Waals surface area contributed by atoms with Gasteiger partial charge in [-0.25, -0.2) is 0 Å². The minimum Gasteiger partial charge on any atom is -0.461 e. The molecule has 0 N–H and O–H groups in total. The van der Waals surface area contributed by atoms with E-state index in [1.165, 1.54) is 0 Å². The van der Waals surface area contributed by atoms with Crippen molar-refractivity contribution in [3.8, 4) is 0 Å². The van der Waals surface area contributed by atoms with Crippen LogP contribution >= 0.6 is 0 Å². The van der Waals surface area contributed by atoms with Crippen LogP contribution in [-0.4, -0.2) is 32.6 Å². The summed E-state index contributed by atoms with van der Waals surface area (Å²) in [7, 11) is 3.22. The van der Waals surface area contributed by atoms with Crippen molar-refractivity contribution in [1.82, 2.24) is 0 Å². The molecule has 0 radical (unpaired) electrons. The van der Waals surface area contributed by atoms with E-state index in [9.17, 15) is 4.79 Å². The largest absolute Gasteiger partial charge is 0.461 e. The number of methoxy groups -OCH3 is 2. The van der Waals surface area contributed by atoms with Crippen molar-refractivity contribution in [2.24, 2.45) is 5.92 Å². The van der Waals surface area contributed by atoms with Crippen LogP contribution in [0, 0.1) is 5.92 Å². The van der Waals surface area contributed by atoms with Gasteiger partial charge in [-0.2, -0.15) is 0 Å². The number of esters is 1. The molecule has 4 nitrogen and oxygen atoms in total. The molecule has 0 bridgehead atoms. The van der Waals surface area contributed by atoms with Crippen LogP contribution in [0.1, 0.15) is 33.1 Å². The lowest BCUT2D eigenvalue weighted by Crippen LogP contribution is -2.31. The van der Waals surface area contributed by atoms with Gasteiger partial charge in [-0.05, 0) is 26.3 Å². The summed E-state index contributed by atoms with van der Waals surface area (Å²) < 4.78 is 15.9. The fourth-order valence-electron chi connectivity index (χ4n) is 2.04. The summed E-state index contributed by atoms with van der Waals surface area (Å²) in [6.07, 6.45) is 3.97. The highest BCUT2D eigenvalue weighted by molar-refractivity contribution is 5.73. The van der Waals surface area contributed by atoms with E-state index in [0.717, 1.165) is 18.4 Å². The highest BCUT2D eigenvalue weighted by atomic mass is 16.7. The highest BCUT2D eigenvalue weighted by Crippen LogP contribution is 2.38. The van der Waals surface area contributed by atoms with Gasteiger partial charge < -0.3 is 14.2 Å². The number of rotatable bonds is 5. The summed E-state index contributed by atoms with van der Waals surface area (Å²) in [5.41, 5.74) is 1.15. The topological polar surface area (TPSA) is 44.8 Å². The number of hydrogen-bond acceptors (Lipinski definition) is 4. The standard InChI is InChI=1S/C13H22O4/c1-10(2)6-8-17-12(14)11-5-7-13(9-11,15-3)16-4/h6,11H,5,7-9H2,1-4H3. The zero-order chi connectivity index (χ0) is 12.9. The van der Waals surface area contributed by atoms with Crippen molar-refractivity contribution >= 4 is 5.97 Å². The van der Waals surface area contributed by atoms with E-state index in [4.69, 9.17) is 14.2 Å². The monoisotopic (exact) mass is 242 g/mol. The first kappa shape index (κ1) is 14.2. The molecule has 0 aromatic heterocycles. The first-order chi connectivity index (χ1) is 8.03. The van der Waals surface area contributed by atoms with Crippen molar-refractivity contribution in [1.29, 1.82) is 0 Å². The summed E-state index contributed by atoms with van der Waals surface area (Å²) in [5.74, 6) is -0.862. The van der Waals surface area contributed by atoms with Gasteiger partial charge in [0, 0.05) is 27.1 Å². The van der Waals surface area contributed by atoms with Crippen molar-refractivity contribution in [3.63, 3.8) is 0 Å². The first-order valence-electron chi connectivity index (χ1n) is 5.93. The lowest BCUT2D eigenvalue weighted by Gasteiger charge is -2.25. The molecule has 1 rings (SSSR count). The Hall–Kier alpha value is -0.870. The average Bonchev–Trinajstić information content (AvgIpc) is 2.73. The molecule has 1 saturated carbocycles. The van der Waals surface area contributed by atoms with Gasteiger partial charge in [0.05, 0.1) is 5.92 Å². The third kappa shape index (κ3) is 3.82. The molecule has 1 atom stereocenters. The Balaban J connectivity index is 2.43. The molecular formula is C13H22O4. The summed E-state index contributed by atoms with van der Waals surface area (Å²) in [6, 6.07) is 0. The van der Waals surface area contributed by atoms with Gasteiger partial charge in [-0.1, -0.05) is 5.57 Å². The third-order valence-corrected chi connectivity index (χ3v) is 3.23. The van der Waals surface area contributed by atoms with Crippen molar-refractivity contribution in [2.75, 3.05) is 20.8 Å². The minimum absolute atomic E-state index is 0.111. The van der Waals surface area contributed by atoms with E-state index in [2.05, 4.69) is 0 Å². The minimum atomic E-state index is -0.597. The van der Waals surface area contributed by atoms with Crippen LogP contribution in [0.25, 0.3) is 0 Å². The van der Waals surface area contributed by atoms with Gasteiger partial charge >= 0.3 is 5.97 Å². The molecule has 0 amide bonds. The number of ether oxygens (including phenoxy) is 3. The fraction of sp³-hybridized carbons (Fsp3) is 0.769. The average molecular weight is 242 g/mol. The molecule has 0 spiro atoms. The maximum Gasteiger partial charge on any atom is 0.309 e. The van der Waals surface area contributed by atoms with E-state index < -0.39 is 5.79 Å². The summed E-state index contributed by atoms with van der Waals surface area (Å²) in [6.45, 7) is 4.30. The lowest BCUT2D eigenvalue weighted by molar-refractivity contribution is -0.203. The van der Waals surface area contributed by atoms with E-state index in [-0.39, 0.29) is 11.9 Å². The van der Waals surface area contributed by atoms with E-state index in [0.29, 0.717) is 13.0 Å². The SMILES string of the molecule is COC1(OC)CCC(C(=O)OCC=C(C)C)C1.